The van der Waals surface area contributed by atoms with Gasteiger partial charge in [-0.15, -0.1) is 0 Å². The first-order valence-electron chi connectivity index (χ1n) is 13.8. The van der Waals surface area contributed by atoms with Gasteiger partial charge >= 0.3 is 12.1 Å². The van der Waals surface area contributed by atoms with E-state index in [0.717, 1.165) is 54.5 Å². The van der Waals surface area contributed by atoms with Crippen LogP contribution in [-0.2, 0) is 9.53 Å². The molecule has 3 N–H and O–H groups in total. The lowest BCUT2D eigenvalue weighted by molar-refractivity contribution is -0.142. The maximum Gasteiger partial charge on any atom is 0.407 e. The number of aromatic nitrogens is 3. The van der Waals surface area contributed by atoms with Crippen LogP contribution in [0.15, 0.2) is 34.6 Å². The van der Waals surface area contributed by atoms with Crippen molar-refractivity contribution in [3.05, 3.63) is 29.7 Å². The van der Waals surface area contributed by atoms with Gasteiger partial charge in [-0.25, -0.2) is 19.7 Å². The number of carboxylic acids is 1. The Hall–Kier alpha value is -2.79. The Morgan fingerprint density at radius 3 is 2.45 bits per heavy atom. The Balaban J connectivity index is 1.28. The van der Waals surface area contributed by atoms with Crippen LogP contribution in [0.5, 0.6) is 0 Å². The first-order chi connectivity index (χ1) is 18.9. The minimum absolute atomic E-state index is 0.00391. The van der Waals surface area contributed by atoms with Gasteiger partial charge in [-0.2, -0.15) is 0 Å². The largest absolute Gasteiger partial charge is 0.481 e. The smallest absolute Gasteiger partial charge is 0.407 e. The van der Waals surface area contributed by atoms with Gasteiger partial charge in [-0.1, -0.05) is 30.3 Å². The molecule has 0 spiro atoms. The van der Waals surface area contributed by atoms with Crippen molar-refractivity contribution in [1.29, 1.82) is 0 Å². The number of ether oxygens (including phenoxy) is 1. The number of aliphatic carboxylic acids is 1. The lowest BCUT2D eigenvalue weighted by Gasteiger charge is -2.40. The number of nitrogens with zero attached hydrogens (tertiary/aromatic N) is 4. The highest BCUT2D eigenvalue weighted by Crippen LogP contribution is 2.37. The fourth-order valence-corrected chi connectivity index (χ4v) is 6.01. The predicted molar refractivity (Wildman–Crippen MR) is 156 cm³/mol. The van der Waals surface area contributed by atoms with Crippen LogP contribution in [0, 0.1) is 11.3 Å². The lowest BCUT2D eigenvalue weighted by atomic mass is 9.80. The third-order valence-corrected chi connectivity index (χ3v) is 8.93. The number of halogens is 1. The van der Waals surface area contributed by atoms with E-state index in [1.54, 1.807) is 18.6 Å². The van der Waals surface area contributed by atoms with Gasteiger partial charge in [0.2, 0.25) is 0 Å². The normalized spacial score (nSPS) is 21.0. The molecule has 1 saturated carbocycles. The molecule has 10 nitrogen and oxygen atoms in total. The Morgan fingerprint density at radius 2 is 1.85 bits per heavy atom. The standard InChI is InChI=1S/C28H39ClN6O4S/c1-27(2,3)39-26(38)33-17-28(4)10-13-35(14-11-28)21-15-32-22(16-31-21)40-20-9-12-30-24(23(20)29)34-19-7-5-18(6-8-19)25(36)37/h9,12,15-16,18-19H,5-8,10-11,13-14,17H2,1-4H3,(H,30,34)(H,33,38)(H,36,37). The van der Waals surface area contributed by atoms with Crippen molar-refractivity contribution in [2.45, 2.75) is 87.8 Å². The number of hydrogen-bond acceptors (Lipinski definition) is 9. The molecule has 0 aromatic carbocycles. The van der Waals surface area contributed by atoms with E-state index < -0.39 is 11.6 Å². The Bertz CT molecular complexity index is 1180. The molecule has 1 aliphatic heterocycles. The fourth-order valence-electron chi connectivity index (χ4n) is 4.97. The van der Waals surface area contributed by atoms with Crippen LogP contribution in [-0.4, -0.2) is 63.4 Å². The summed E-state index contributed by atoms with van der Waals surface area (Å²) < 4.78 is 5.36. The second-order valence-corrected chi connectivity index (χ2v) is 13.4. The van der Waals surface area contributed by atoms with E-state index in [9.17, 15) is 14.7 Å². The number of anilines is 2. The average molecular weight is 591 g/mol. The number of amides is 1. The summed E-state index contributed by atoms with van der Waals surface area (Å²) in [6.07, 6.45) is 9.57. The van der Waals surface area contributed by atoms with E-state index in [1.807, 2.05) is 26.8 Å². The highest BCUT2D eigenvalue weighted by molar-refractivity contribution is 7.99. The zero-order chi connectivity index (χ0) is 28.9. The van der Waals surface area contributed by atoms with E-state index in [4.69, 9.17) is 16.3 Å². The van der Waals surface area contributed by atoms with Crippen molar-refractivity contribution < 1.29 is 19.4 Å². The highest BCUT2D eigenvalue weighted by atomic mass is 35.5. The molecule has 1 amide bonds. The van der Waals surface area contributed by atoms with Crippen LogP contribution < -0.4 is 15.5 Å². The number of nitrogens with one attached hydrogen (secondary N) is 2. The summed E-state index contributed by atoms with van der Waals surface area (Å²) in [5.41, 5.74) is -0.514. The number of carboxylic acid groups (broad SMARTS) is 1. The summed E-state index contributed by atoms with van der Waals surface area (Å²) in [5.74, 6) is 0.450. The fraction of sp³-hybridized carbons (Fsp3) is 0.607. The van der Waals surface area contributed by atoms with Gasteiger partial charge in [0.25, 0.3) is 0 Å². The van der Waals surface area contributed by atoms with Gasteiger partial charge in [-0.3, -0.25) is 4.79 Å². The maximum atomic E-state index is 12.1. The molecule has 0 radical (unpaired) electrons. The van der Waals surface area contributed by atoms with Crippen LogP contribution in [0.4, 0.5) is 16.4 Å². The van der Waals surface area contributed by atoms with E-state index >= 15 is 0 Å². The maximum absolute atomic E-state index is 12.1. The minimum Gasteiger partial charge on any atom is -0.481 e. The van der Waals surface area contributed by atoms with Crippen LogP contribution in [0.2, 0.25) is 5.02 Å². The number of hydrogen-bond donors (Lipinski definition) is 3. The molecule has 218 valence electrons. The molecule has 2 aromatic heterocycles. The molecule has 1 saturated heterocycles. The van der Waals surface area contributed by atoms with Crippen LogP contribution in [0.1, 0.15) is 66.2 Å². The van der Waals surface area contributed by atoms with E-state index in [1.165, 1.54) is 11.8 Å². The molecule has 0 bridgehead atoms. The predicted octanol–water partition coefficient (Wildman–Crippen LogP) is 5.86. The number of rotatable bonds is 8. The molecule has 3 heterocycles. The second-order valence-electron chi connectivity index (χ2n) is 12.0. The van der Waals surface area contributed by atoms with Crippen molar-refractivity contribution >= 4 is 47.1 Å². The zero-order valence-corrected chi connectivity index (χ0v) is 25.1. The molecular weight excluding hydrogens is 552 g/mol. The lowest BCUT2D eigenvalue weighted by Crippen LogP contribution is -2.45. The molecule has 12 heteroatoms. The molecule has 2 fully saturated rings. The van der Waals surface area contributed by atoms with Crippen LogP contribution in [0.25, 0.3) is 0 Å². The van der Waals surface area contributed by atoms with Gasteiger partial charge in [-0.05, 0) is 70.8 Å². The van der Waals surface area contributed by atoms with Gasteiger partial charge < -0.3 is 25.4 Å². The van der Waals surface area contributed by atoms with Crippen molar-refractivity contribution in [2.75, 3.05) is 29.9 Å². The number of alkyl carbamates (subject to hydrolysis) is 1. The first kappa shape index (κ1) is 30.2. The number of piperidine rings is 1. The van der Waals surface area contributed by atoms with Gasteiger partial charge in [0.15, 0.2) is 0 Å². The van der Waals surface area contributed by atoms with Crippen LogP contribution in [0.3, 0.4) is 0 Å². The van der Waals surface area contributed by atoms with Crippen molar-refractivity contribution in [2.24, 2.45) is 11.3 Å². The highest BCUT2D eigenvalue weighted by Gasteiger charge is 2.32. The summed E-state index contributed by atoms with van der Waals surface area (Å²) in [6, 6.07) is 2.01. The summed E-state index contributed by atoms with van der Waals surface area (Å²) in [4.78, 5) is 40.0. The molecule has 0 atom stereocenters. The quantitative estimate of drug-likeness (QED) is 0.343. The summed E-state index contributed by atoms with van der Waals surface area (Å²) >= 11 is 8.11. The average Bonchev–Trinajstić information content (AvgIpc) is 2.90. The minimum atomic E-state index is -0.716. The SMILES string of the molecule is CC1(CNC(=O)OC(C)(C)C)CCN(c2cnc(Sc3ccnc(NC4CCC(C(=O)O)CC4)c3Cl)cn2)CC1. The van der Waals surface area contributed by atoms with Gasteiger partial charge in [0.05, 0.1) is 23.3 Å². The third kappa shape index (κ3) is 8.36. The molecule has 0 unspecified atom stereocenters. The topological polar surface area (TPSA) is 130 Å². The van der Waals surface area contributed by atoms with E-state index in [-0.39, 0.29) is 23.5 Å². The Morgan fingerprint density at radius 1 is 1.15 bits per heavy atom. The van der Waals surface area contributed by atoms with E-state index in [0.29, 0.717) is 30.2 Å². The number of pyridine rings is 1. The number of carbonyl (C=O) groups is 2. The molecule has 4 rings (SSSR count). The molecular formula is C28H39ClN6O4S. The number of carbonyl (C=O) groups excluding carboxylic acids is 1. The van der Waals surface area contributed by atoms with Gasteiger partial charge in [0.1, 0.15) is 22.3 Å². The van der Waals surface area contributed by atoms with Gasteiger partial charge in [0, 0.05) is 36.8 Å². The summed E-state index contributed by atoms with van der Waals surface area (Å²) in [6.45, 7) is 9.99. The van der Waals surface area contributed by atoms with Crippen molar-refractivity contribution in [3.8, 4) is 0 Å². The molecule has 1 aliphatic carbocycles. The summed E-state index contributed by atoms with van der Waals surface area (Å²) in [7, 11) is 0. The van der Waals surface area contributed by atoms with E-state index in [2.05, 4.69) is 37.4 Å². The monoisotopic (exact) mass is 590 g/mol. The summed E-state index contributed by atoms with van der Waals surface area (Å²) in [5, 5.41) is 16.8. The molecule has 2 aromatic rings. The zero-order valence-electron chi connectivity index (χ0n) is 23.6. The molecule has 2 aliphatic rings. The first-order valence-corrected chi connectivity index (χ1v) is 15.0. The molecule has 40 heavy (non-hydrogen) atoms. The van der Waals surface area contributed by atoms with Crippen molar-refractivity contribution in [3.63, 3.8) is 0 Å². The van der Waals surface area contributed by atoms with Crippen LogP contribution >= 0.6 is 23.4 Å². The van der Waals surface area contributed by atoms with Crippen molar-refractivity contribution in [1.82, 2.24) is 20.3 Å². The Labute approximate surface area is 245 Å². The Kier molecular flexibility index (Phi) is 9.66. The third-order valence-electron chi connectivity index (χ3n) is 7.45. The second kappa shape index (κ2) is 12.8.